The SMILES string of the molecule is C=CCOc1ccc(CN2CCC3(CC2)N=C(c2ccccc2)NC3=O)cc1OCC. The number of nitrogens with zero attached hydrogens (tertiary/aromatic N) is 2. The van der Waals surface area contributed by atoms with Crippen LogP contribution in [0.3, 0.4) is 0 Å². The molecule has 0 aliphatic carbocycles. The van der Waals surface area contributed by atoms with E-state index in [0.717, 1.165) is 42.3 Å². The second-order valence-corrected chi connectivity index (χ2v) is 7.90. The first-order valence-electron chi connectivity index (χ1n) is 10.8. The summed E-state index contributed by atoms with van der Waals surface area (Å²) in [4.78, 5) is 20.0. The maximum absolute atomic E-state index is 12.8. The highest BCUT2D eigenvalue weighted by atomic mass is 16.5. The van der Waals surface area contributed by atoms with Crippen molar-refractivity contribution >= 4 is 11.7 Å². The lowest BCUT2D eigenvalue weighted by molar-refractivity contribution is -0.125. The fraction of sp³-hybridized carbons (Fsp3) is 0.360. The molecule has 0 radical (unpaired) electrons. The molecule has 0 bridgehead atoms. The Bertz CT molecular complexity index is 963. The number of piperidine rings is 1. The third-order valence-electron chi connectivity index (χ3n) is 5.78. The lowest BCUT2D eigenvalue weighted by Crippen LogP contribution is -2.48. The van der Waals surface area contributed by atoms with Crippen LogP contribution < -0.4 is 14.8 Å². The molecule has 1 N–H and O–H groups in total. The van der Waals surface area contributed by atoms with E-state index in [1.165, 1.54) is 0 Å². The van der Waals surface area contributed by atoms with Gasteiger partial charge in [0.05, 0.1) is 6.61 Å². The Hall–Kier alpha value is -3.12. The average molecular weight is 420 g/mol. The van der Waals surface area contributed by atoms with Gasteiger partial charge in [0.1, 0.15) is 18.0 Å². The van der Waals surface area contributed by atoms with Crippen molar-refractivity contribution in [2.45, 2.75) is 31.8 Å². The summed E-state index contributed by atoms with van der Waals surface area (Å²) in [6, 6.07) is 15.9. The van der Waals surface area contributed by atoms with Crippen LogP contribution in [0.15, 0.2) is 66.2 Å². The van der Waals surface area contributed by atoms with Gasteiger partial charge in [-0.2, -0.15) is 0 Å². The van der Waals surface area contributed by atoms with Gasteiger partial charge in [0.15, 0.2) is 11.5 Å². The van der Waals surface area contributed by atoms with E-state index >= 15 is 0 Å². The second kappa shape index (κ2) is 9.35. The Kier molecular flexibility index (Phi) is 6.37. The first-order valence-corrected chi connectivity index (χ1v) is 10.8. The number of aliphatic imine (C=N–C) groups is 1. The van der Waals surface area contributed by atoms with Crippen molar-refractivity contribution < 1.29 is 14.3 Å². The Morgan fingerprint density at radius 3 is 2.61 bits per heavy atom. The highest BCUT2D eigenvalue weighted by molar-refractivity contribution is 6.15. The maximum atomic E-state index is 12.8. The summed E-state index contributed by atoms with van der Waals surface area (Å²) < 4.78 is 11.4. The summed E-state index contributed by atoms with van der Waals surface area (Å²) in [6.45, 7) is 9.12. The molecule has 6 nitrogen and oxygen atoms in total. The van der Waals surface area contributed by atoms with Gasteiger partial charge < -0.3 is 14.8 Å². The van der Waals surface area contributed by atoms with Crippen molar-refractivity contribution in [2.24, 2.45) is 4.99 Å². The van der Waals surface area contributed by atoms with E-state index in [0.29, 0.717) is 31.9 Å². The number of carbonyl (C=O) groups excluding carboxylic acids is 1. The molecule has 2 aromatic carbocycles. The van der Waals surface area contributed by atoms with Crippen molar-refractivity contribution in [1.29, 1.82) is 0 Å². The van der Waals surface area contributed by atoms with Crippen LogP contribution in [0.4, 0.5) is 0 Å². The van der Waals surface area contributed by atoms with Crippen LogP contribution in [-0.4, -0.2) is 48.5 Å². The first-order chi connectivity index (χ1) is 15.1. The third-order valence-corrected chi connectivity index (χ3v) is 5.78. The Morgan fingerprint density at radius 1 is 1.13 bits per heavy atom. The predicted octanol–water partition coefficient (Wildman–Crippen LogP) is 3.56. The molecule has 1 fully saturated rings. The van der Waals surface area contributed by atoms with Crippen LogP contribution in [0.2, 0.25) is 0 Å². The smallest absolute Gasteiger partial charge is 0.253 e. The number of amidine groups is 1. The fourth-order valence-corrected chi connectivity index (χ4v) is 4.11. The van der Waals surface area contributed by atoms with Crippen LogP contribution in [0, 0.1) is 0 Å². The van der Waals surface area contributed by atoms with E-state index in [4.69, 9.17) is 14.5 Å². The van der Waals surface area contributed by atoms with Crippen LogP contribution in [0.1, 0.15) is 30.9 Å². The molecule has 2 aliphatic heterocycles. The van der Waals surface area contributed by atoms with Crippen molar-refractivity contribution in [3.8, 4) is 11.5 Å². The molecule has 0 atom stereocenters. The van der Waals surface area contributed by atoms with E-state index in [9.17, 15) is 4.79 Å². The Morgan fingerprint density at radius 2 is 1.90 bits per heavy atom. The minimum absolute atomic E-state index is 0.0216. The maximum Gasteiger partial charge on any atom is 0.253 e. The molecule has 1 spiro atoms. The largest absolute Gasteiger partial charge is 0.490 e. The van der Waals surface area contributed by atoms with Crippen molar-refractivity contribution in [3.63, 3.8) is 0 Å². The zero-order chi connectivity index (χ0) is 21.7. The quantitative estimate of drug-likeness (QED) is 0.665. The monoisotopic (exact) mass is 419 g/mol. The number of carbonyl (C=O) groups is 1. The topological polar surface area (TPSA) is 63.2 Å². The van der Waals surface area contributed by atoms with Crippen LogP contribution in [0.25, 0.3) is 0 Å². The average Bonchev–Trinajstić information content (AvgIpc) is 3.11. The molecule has 0 unspecified atom stereocenters. The highest BCUT2D eigenvalue weighted by Gasteiger charge is 2.45. The molecule has 6 heteroatoms. The lowest BCUT2D eigenvalue weighted by Gasteiger charge is -2.35. The van der Waals surface area contributed by atoms with Crippen molar-refractivity contribution in [3.05, 3.63) is 72.3 Å². The van der Waals surface area contributed by atoms with Crippen molar-refractivity contribution in [1.82, 2.24) is 10.2 Å². The standard InChI is InChI=1S/C25H29N3O3/c1-3-16-31-21-11-10-19(17-22(21)30-4-2)18-28-14-12-25(13-15-28)24(29)26-23(27-25)20-8-6-5-7-9-20/h3,5-11,17H,1,4,12-16,18H2,2H3,(H,26,27,29). The summed E-state index contributed by atoms with van der Waals surface area (Å²) in [5.41, 5.74) is 1.48. The number of ether oxygens (including phenoxy) is 2. The molecule has 162 valence electrons. The first kappa shape index (κ1) is 21.1. The van der Waals surface area contributed by atoms with Crippen LogP contribution in [-0.2, 0) is 11.3 Å². The summed E-state index contributed by atoms with van der Waals surface area (Å²) in [7, 11) is 0. The minimum Gasteiger partial charge on any atom is -0.490 e. The number of benzene rings is 2. The van der Waals surface area contributed by atoms with E-state index in [1.807, 2.05) is 49.4 Å². The Balaban J connectivity index is 1.41. The number of amides is 1. The molecule has 4 rings (SSSR count). The third kappa shape index (κ3) is 4.64. The van der Waals surface area contributed by atoms with Gasteiger partial charge in [0.2, 0.25) is 0 Å². The number of hydrogen-bond donors (Lipinski definition) is 1. The highest BCUT2D eigenvalue weighted by Crippen LogP contribution is 2.33. The predicted molar refractivity (Wildman–Crippen MR) is 122 cm³/mol. The van der Waals surface area contributed by atoms with Gasteiger partial charge in [0.25, 0.3) is 5.91 Å². The lowest BCUT2D eigenvalue weighted by atomic mass is 9.88. The summed E-state index contributed by atoms with van der Waals surface area (Å²) in [5, 5.41) is 2.99. The number of nitrogens with one attached hydrogen (secondary N) is 1. The van der Waals surface area contributed by atoms with E-state index in [-0.39, 0.29) is 5.91 Å². The second-order valence-electron chi connectivity index (χ2n) is 7.90. The zero-order valence-electron chi connectivity index (χ0n) is 18.0. The van der Waals surface area contributed by atoms with Gasteiger partial charge >= 0.3 is 0 Å². The van der Waals surface area contributed by atoms with Gasteiger partial charge in [-0.25, -0.2) is 0 Å². The fourth-order valence-electron chi connectivity index (χ4n) is 4.11. The van der Waals surface area contributed by atoms with E-state index in [2.05, 4.69) is 22.9 Å². The molecule has 31 heavy (non-hydrogen) atoms. The number of rotatable bonds is 8. The molecule has 2 aliphatic rings. The Labute approximate surface area is 183 Å². The molecule has 0 aromatic heterocycles. The molecule has 2 aromatic rings. The van der Waals surface area contributed by atoms with E-state index < -0.39 is 5.54 Å². The molecule has 2 heterocycles. The van der Waals surface area contributed by atoms with Gasteiger partial charge in [0, 0.05) is 25.2 Å². The van der Waals surface area contributed by atoms with E-state index in [1.54, 1.807) is 6.08 Å². The number of hydrogen-bond acceptors (Lipinski definition) is 5. The van der Waals surface area contributed by atoms with Gasteiger partial charge in [-0.1, -0.05) is 49.1 Å². The van der Waals surface area contributed by atoms with Gasteiger partial charge in [-0.15, -0.1) is 0 Å². The molecular weight excluding hydrogens is 390 g/mol. The van der Waals surface area contributed by atoms with Gasteiger partial charge in [-0.3, -0.25) is 14.7 Å². The summed E-state index contributed by atoms with van der Waals surface area (Å²) in [5.74, 6) is 2.19. The number of likely N-dealkylation sites (tertiary alicyclic amines) is 1. The molecule has 1 amide bonds. The molecular formula is C25H29N3O3. The van der Waals surface area contributed by atoms with Crippen molar-refractivity contribution in [2.75, 3.05) is 26.3 Å². The van der Waals surface area contributed by atoms with Crippen LogP contribution >= 0.6 is 0 Å². The minimum atomic E-state index is -0.638. The van der Waals surface area contributed by atoms with Crippen LogP contribution in [0.5, 0.6) is 11.5 Å². The summed E-state index contributed by atoms with van der Waals surface area (Å²) in [6.07, 6.45) is 3.15. The molecule has 1 saturated heterocycles. The zero-order valence-corrected chi connectivity index (χ0v) is 18.0. The normalized spacial score (nSPS) is 17.8. The molecule has 0 saturated carbocycles. The summed E-state index contributed by atoms with van der Waals surface area (Å²) >= 11 is 0. The van der Waals surface area contributed by atoms with Gasteiger partial charge in [-0.05, 0) is 37.5 Å².